The van der Waals surface area contributed by atoms with Gasteiger partial charge in [0.1, 0.15) is 11.6 Å². The molecule has 0 aliphatic heterocycles. The molecule has 3 N–H and O–H groups in total. The lowest BCUT2D eigenvalue weighted by Gasteiger charge is -2.33. The minimum absolute atomic E-state index is 0.0504. The third-order valence-corrected chi connectivity index (χ3v) is 5.28. The van der Waals surface area contributed by atoms with E-state index in [1.807, 2.05) is 6.08 Å². The second-order valence-corrected chi connectivity index (χ2v) is 7.97. The fourth-order valence-corrected chi connectivity index (χ4v) is 3.63. The number of phenolic OH excluding ortho intramolecular Hbond substituents is 1. The van der Waals surface area contributed by atoms with Gasteiger partial charge >= 0.3 is 0 Å². The first-order chi connectivity index (χ1) is 13.2. The van der Waals surface area contributed by atoms with Crippen LogP contribution in [0.2, 0.25) is 0 Å². The number of aromatic hydroxyl groups is 1. The predicted molar refractivity (Wildman–Crippen MR) is 111 cm³/mol. The van der Waals surface area contributed by atoms with E-state index >= 15 is 0 Å². The fraction of sp³-hybridized carbons (Fsp3) is 0.435. The average Bonchev–Trinajstić information content (AvgIpc) is 2.64. The second kappa shape index (κ2) is 9.20. The minimum atomic E-state index is -0.525. The van der Waals surface area contributed by atoms with Crippen molar-refractivity contribution in [2.45, 2.75) is 47.0 Å². The van der Waals surface area contributed by atoms with Crippen LogP contribution in [0.25, 0.3) is 5.83 Å². The highest BCUT2D eigenvalue weighted by molar-refractivity contribution is 5.95. The zero-order valence-electron chi connectivity index (χ0n) is 17.1. The van der Waals surface area contributed by atoms with Crippen molar-refractivity contribution in [3.8, 4) is 5.75 Å². The zero-order chi connectivity index (χ0) is 20.9. The Labute approximate surface area is 166 Å². The number of carbonyl (C=O) groups is 1. The van der Waals surface area contributed by atoms with Gasteiger partial charge in [-0.2, -0.15) is 0 Å². The minimum Gasteiger partial charge on any atom is -0.507 e. The summed E-state index contributed by atoms with van der Waals surface area (Å²) in [7, 11) is 0. The number of hydrogen-bond donors (Lipinski definition) is 3. The Hall–Kier alpha value is -2.40. The molecule has 0 fully saturated rings. The third-order valence-electron chi connectivity index (χ3n) is 5.28. The molecule has 4 nitrogen and oxygen atoms in total. The maximum absolute atomic E-state index is 14.9. The summed E-state index contributed by atoms with van der Waals surface area (Å²) in [6.45, 7) is 8.14. The molecule has 1 aromatic carbocycles. The van der Waals surface area contributed by atoms with Crippen molar-refractivity contribution in [3.05, 3.63) is 58.2 Å². The number of nitrogens with one attached hydrogen (secondary N) is 1. The first kappa shape index (κ1) is 21.9. The fourth-order valence-electron chi connectivity index (χ4n) is 3.63. The topological polar surface area (TPSA) is 69.6 Å². The standard InChI is InChI=1S/C23H30FNO3/c1-15-6-5-11-23(3,4)19(15)10-7-16(2)21(24)18-9-8-17(14-20(18)27)22(28)25-12-13-26/h7-10,14,26-27H,5-6,11-13H2,1-4H3,(H,25,28). The highest BCUT2D eigenvalue weighted by Gasteiger charge is 2.26. The summed E-state index contributed by atoms with van der Waals surface area (Å²) < 4.78 is 14.9. The normalized spacial score (nSPS) is 17.6. The van der Waals surface area contributed by atoms with Gasteiger partial charge in [0.15, 0.2) is 0 Å². The van der Waals surface area contributed by atoms with Crippen molar-refractivity contribution in [2.75, 3.05) is 13.2 Å². The number of phenols is 1. The van der Waals surface area contributed by atoms with Crippen molar-refractivity contribution >= 4 is 11.7 Å². The van der Waals surface area contributed by atoms with Gasteiger partial charge in [-0.1, -0.05) is 31.6 Å². The lowest BCUT2D eigenvalue weighted by molar-refractivity contribution is 0.0944. The van der Waals surface area contributed by atoms with Crippen molar-refractivity contribution in [1.82, 2.24) is 5.32 Å². The van der Waals surface area contributed by atoms with Crippen molar-refractivity contribution in [1.29, 1.82) is 0 Å². The van der Waals surface area contributed by atoms with Crippen molar-refractivity contribution < 1.29 is 19.4 Å². The average molecular weight is 387 g/mol. The Morgan fingerprint density at radius 2 is 2.07 bits per heavy atom. The molecule has 0 bridgehead atoms. The third kappa shape index (κ3) is 5.10. The molecule has 0 aromatic heterocycles. The second-order valence-electron chi connectivity index (χ2n) is 7.97. The molecule has 1 amide bonds. The van der Waals surface area contributed by atoms with Crippen molar-refractivity contribution in [2.24, 2.45) is 5.41 Å². The number of benzene rings is 1. The van der Waals surface area contributed by atoms with Crippen LogP contribution in [-0.4, -0.2) is 29.3 Å². The molecule has 1 aliphatic carbocycles. The first-order valence-corrected chi connectivity index (χ1v) is 9.64. The van der Waals surface area contributed by atoms with Gasteiger partial charge in [0, 0.05) is 12.1 Å². The van der Waals surface area contributed by atoms with Gasteiger partial charge < -0.3 is 15.5 Å². The van der Waals surface area contributed by atoms with Gasteiger partial charge in [-0.25, -0.2) is 4.39 Å². The quantitative estimate of drug-likeness (QED) is 0.608. The van der Waals surface area contributed by atoms with E-state index in [1.54, 1.807) is 13.0 Å². The van der Waals surface area contributed by atoms with Gasteiger partial charge in [0.05, 0.1) is 12.2 Å². The van der Waals surface area contributed by atoms with Gasteiger partial charge in [0.25, 0.3) is 5.91 Å². The zero-order valence-corrected chi connectivity index (χ0v) is 17.1. The number of halogens is 1. The Kier molecular flexibility index (Phi) is 7.19. The van der Waals surface area contributed by atoms with Gasteiger partial charge in [-0.15, -0.1) is 0 Å². The van der Waals surface area contributed by atoms with Gasteiger partial charge in [0.2, 0.25) is 0 Å². The molecule has 0 radical (unpaired) electrons. The van der Waals surface area contributed by atoms with Gasteiger partial charge in [-0.3, -0.25) is 4.79 Å². The lowest BCUT2D eigenvalue weighted by atomic mass is 9.72. The number of aliphatic hydroxyl groups excluding tert-OH is 1. The van der Waals surface area contributed by atoms with Crippen LogP contribution in [0.4, 0.5) is 4.39 Å². The Bertz CT molecular complexity index is 834. The largest absolute Gasteiger partial charge is 0.507 e. The van der Waals surface area contributed by atoms with E-state index in [-0.39, 0.29) is 35.4 Å². The molecule has 152 valence electrons. The highest BCUT2D eigenvalue weighted by atomic mass is 19.1. The van der Waals surface area contributed by atoms with E-state index in [0.29, 0.717) is 5.57 Å². The van der Waals surface area contributed by atoms with Crippen LogP contribution in [0, 0.1) is 5.41 Å². The molecular weight excluding hydrogens is 357 g/mol. The molecule has 1 aliphatic rings. The molecule has 5 heteroatoms. The first-order valence-electron chi connectivity index (χ1n) is 9.64. The maximum Gasteiger partial charge on any atom is 0.251 e. The van der Waals surface area contributed by atoms with Crippen LogP contribution in [0.15, 0.2) is 47.1 Å². The molecule has 0 saturated carbocycles. The molecule has 0 unspecified atom stereocenters. The van der Waals surface area contributed by atoms with Crippen LogP contribution in [-0.2, 0) is 0 Å². The molecule has 1 aromatic rings. The number of amides is 1. The molecule has 0 saturated heterocycles. The van der Waals surface area contributed by atoms with Crippen LogP contribution < -0.4 is 5.32 Å². The summed E-state index contributed by atoms with van der Waals surface area (Å²) in [6, 6.07) is 4.08. The summed E-state index contributed by atoms with van der Waals surface area (Å²) in [4.78, 5) is 11.9. The van der Waals surface area contributed by atoms with E-state index in [2.05, 4.69) is 26.1 Å². The molecular formula is C23H30FNO3. The summed E-state index contributed by atoms with van der Waals surface area (Å²) in [5.74, 6) is -1.25. The number of aliphatic hydroxyl groups is 1. The van der Waals surface area contributed by atoms with E-state index in [1.165, 1.54) is 35.8 Å². The number of carbonyl (C=O) groups excluding carboxylic acids is 1. The number of rotatable bonds is 6. The maximum atomic E-state index is 14.9. The van der Waals surface area contributed by atoms with Crippen molar-refractivity contribution in [3.63, 3.8) is 0 Å². The molecule has 2 rings (SSSR count). The summed E-state index contributed by atoms with van der Waals surface area (Å²) in [6.07, 6.45) is 7.08. The van der Waals surface area contributed by atoms with E-state index in [4.69, 9.17) is 5.11 Å². The van der Waals surface area contributed by atoms with Crippen LogP contribution in [0.5, 0.6) is 5.75 Å². The summed E-state index contributed by atoms with van der Waals surface area (Å²) in [5.41, 5.74) is 3.32. The Balaban J connectivity index is 2.27. The monoisotopic (exact) mass is 387 g/mol. The molecule has 0 atom stereocenters. The summed E-state index contributed by atoms with van der Waals surface area (Å²) in [5, 5.41) is 21.4. The summed E-state index contributed by atoms with van der Waals surface area (Å²) >= 11 is 0. The predicted octanol–water partition coefficient (Wildman–Crippen LogP) is 4.90. The van der Waals surface area contributed by atoms with Gasteiger partial charge in [-0.05, 0) is 67.9 Å². The molecule has 28 heavy (non-hydrogen) atoms. The SMILES string of the molecule is CC(C=CC1=C(C)CCCC1(C)C)=C(F)c1ccc(C(=O)NCCO)cc1O. The van der Waals surface area contributed by atoms with E-state index < -0.39 is 11.7 Å². The molecule has 0 spiro atoms. The van der Waals surface area contributed by atoms with Crippen LogP contribution in [0.3, 0.4) is 0 Å². The van der Waals surface area contributed by atoms with Crippen LogP contribution >= 0.6 is 0 Å². The molecule has 0 heterocycles. The van der Waals surface area contributed by atoms with E-state index in [0.717, 1.165) is 12.8 Å². The Morgan fingerprint density at radius 1 is 1.36 bits per heavy atom. The number of allylic oxidation sites excluding steroid dienone is 5. The Morgan fingerprint density at radius 3 is 2.68 bits per heavy atom. The lowest BCUT2D eigenvalue weighted by Crippen LogP contribution is -2.26. The number of hydrogen-bond acceptors (Lipinski definition) is 3. The highest BCUT2D eigenvalue weighted by Crippen LogP contribution is 2.41. The smallest absolute Gasteiger partial charge is 0.251 e. The van der Waals surface area contributed by atoms with Crippen LogP contribution in [0.1, 0.15) is 62.9 Å². The van der Waals surface area contributed by atoms with E-state index in [9.17, 15) is 14.3 Å².